The maximum absolute atomic E-state index is 13.3. The standard InChI is InChI=1S/C13H14BrFN2O2S2/c1-8-7-20-12(6-16-2)13(8)21(18,19)17-11-5-9(15)3-4-10(11)14/h3-5,7,16-17H,6H2,1-2H3. The van der Waals surface area contributed by atoms with Crippen LogP contribution in [0.3, 0.4) is 0 Å². The summed E-state index contributed by atoms with van der Waals surface area (Å²) in [5, 5.41) is 4.74. The van der Waals surface area contributed by atoms with E-state index < -0.39 is 15.8 Å². The molecule has 21 heavy (non-hydrogen) atoms. The molecule has 0 fully saturated rings. The zero-order valence-corrected chi connectivity index (χ0v) is 14.6. The molecule has 0 amide bonds. The van der Waals surface area contributed by atoms with E-state index in [1.165, 1.54) is 23.5 Å². The first kappa shape index (κ1) is 16.4. The van der Waals surface area contributed by atoms with Gasteiger partial charge in [-0.25, -0.2) is 12.8 Å². The molecule has 0 saturated carbocycles. The van der Waals surface area contributed by atoms with E-state index in [-0.39, 0.29) is 10.6 Å². The quantitative estimate of drug-likeness (QED) is 0.818. The minimum atomic E-state index is -3.77. The zero-order chi connectivity index (χ0) is 15.6. The Labute approximate surface area is 135 Å². The molecule has 0 bridgehead atoms. The summed E-state index contributed by atoms with van der Waals surface area (Å²) >= 11 is 4.59. The number of halogens is 2. The number of rotatable bonds is 5. The van der Waals surface area contributed by atoms with Crippen molar-refractivity contribution in [2.75, 3.05) is 11.8 Å². The van der Waals surface area contributed by atoms with E-state index in [1.807, 2.05) is 0 Å². The van der Waals surface area contributed by atoms with E-state index in [2.05, 4.69) is 26.0 Å². The third-order valence-electron chi connectivity index (χ3n) is 2.77. The Hall–Kier alpha value is -0.960. The van der Waals surface area contributed by atoms with Crippen molar-refractivity contribution in [3.8, 4) is 0 Å². The Morgan fingerprint density at radius 3 is 2.76 bits per heavy atom. The van der Waals surface area contributed by atoms with E-state index in [1.54, 1.807) is 19.4 Å². The van der Waals surface area contributed by atoms with Gasteiger partial charge in [0.25, 0.3) is 10.0 Å². The summed E-state index contributed by atoms with van der Waals surface area (Å²) in [6.07, 6.45) is 0. The van der Waals surface area contributed by atoms with Crippen molar-refractivity contribution in [2.45, 2.75) is 18.4 Å². The molecule has 8 heteroatoms. The van der Waals surface area contributed by atoms with Crippen LogP contribution in [0.2, 0.25) is 0 Å². The molecule has 0 aliphatic carbocycles. The van der Waals surface area contributed by atoms with Gasteiger partial charge < -0.3 is 5.32 Å². The third kappa shape index (κ3) is 3.63. The second-order valence-corrected chi connectivity index (χ2v) is 7.87. The number of nitrogens with one attached hydrogen (secondary N) is 2. The first-order valence-electron chi connectivity index (χ1n) is 6.04. The summed E-state index contributed by atoms with van der Waals surface area (Å²) in [5.41, 5.74) is 0.848. The largest absolute Gasteiger partial charge is 0.315 e. The highest BCUT2D eigenvalue weighted by molar-refractivity contribution is 9.10. The number of thiophene rings is 1. The lowest BCUT2D eigenvalue weighted by Gasteiger charge is -2.11. The topological polar surface area (TPSA) is 58.2 Å². The highest BCUT2D eigenvalue weighted by atomic mass is 79.9. The molecular formula is C13H14BrFN2O2S2. The van der Waals surface area contributed by atoms with Gasteiger partial charge >= 0.3 is 0 Å². The Morgan fingerprint density at radius 2 is 2.10 bits per heavy atom. The first-order chi connectivity index (χ1) is 9.85. The summed E-state index contributed by atoms with van der Waals surface area (Å²) < 4.78 is 41.3. The minimum Gasteiger partial charge on any atom is -0.315 e. The minimum absolute atomic E-state index is 0.177. The van der Waals surface area contributed by atoms with Crippen molar-refractivity contribution in [1.82, 2.24) is 5.32 Å². The molecular weight excluding hydrogens is 379 g/mol. The fourth-order valence-electron chi connectivity index (χ4n) is 1.90. The maximum Gasteiger partial charge on any atom is 0.263 e. The van der Waals surface area contributed by atoms with Gasteiger partial charge in [0.15, 0.2) is 0 Å². The molecule has 0 aliphatic heterocycles. The Bertz CT molecular complexity index is 760. The second kappa shape index (κ2) is 6.43. The van der Waals surface area contributed by atoms with Crippen molar-refractivity contribution < 1.29 is 12.8 Å². The Kier molecular flexibility index (Phi) is 5.03. The van der Waals surface area contributed by atoms with Crippen molar-refractivity contribution in [2.24, 2.45) is 0 Å². The zero-order valence-electron chi connectivity index (χ0n) is 11.4. The number of aryl methyl sites for hydroxylation is 1. The van der Waals surface area contributed by atoms with Crippen LogP contribution in [0.5, 0.6) is 0 Å². The van der Waals surface area contributed by atoms with Crippen LogP contribution in [0, 0.1) is 12.7 Å². The lowest BCUT2D eigenvalue weighted by Crippen LogP contribution is -2.17. The summed E-state index contributed by atoms with van der Waals surface area (Å²) in [6, 6.07) is 3.85. The smallest absolute Gasteiger partial charge is 0.263 e. The SMILES string of the molecule is CNCc1scc(C)c1S(=O)(=O)Nc1cc(F)ccc1Br. The van der Waals surface area contributed by atoms with Gasteiger partial charge in [0.1, 0.15) is 10.7 Å². The van der Waals surface area contributed by atoms with Gasteiger partial charge in [-0.1, -0.05) is 0 Å². The van der Waals surface area contributed by atoms with Gasteiger partial charge in [-0.3, -0.25) is 4.72 Å². The van der Waals surface area contributed by atoms with E-state index in [4.69, 9.17) is 0 Å². The average molecular weight is 393 g/mol. The fraction of sp³-hybridized carbons (Fsp3) is 0.231. The van der Waals surface area contributed by atoms with Crippen molar-refractivity contribution in [3.63, 3.8) is 0 Å². The molecule has 1 heterocycles. The Morgan fingerprint density at radius 1 is 1.38 bits per heavy atom. The summed E-state index contributed by atoms with van der Waals surface area (Å²) in [6.45, 7) is 2.20. The van der Waals surface area contributed by atoms with Crippen LogP contribution in [0.15, 0.2) is 32.9 Å². The van der Waals surface area contributed by atoms with Crippen LogP contribution in [-0.2, 0) is 16.6 Å². The summed E-state index contributed by atoms with van der Waals surface area (Å²) in [5.74, 6) is -0.506. The number of sulfonamides is 1. The molecule has 0 radical (unpaired) electrons. The maximum atomic E-state index is 13.3. The summed E-state index contributed by atoms with van der Waals surface area (Å²) in [4.78, 5) is 0.966. The lowest BCUT2D eigenvalue weighted by atomic mass is 10.3. The van der Waals surface area contributed by atoms with Crippen LogP contribution < -0.4 is 10.0 Å². The lowest BCUT2D eigenvalue weighted by molar-refractivity contribution is 0.599. The van der Waals surface area contributed by atoms with Crippen molar-refractivity contribution >= 4 is 43.0 Å². The molecule has 114 valence electrons. The number of hydrogen-bond acceptors (Lipinski definition) is 4. The molecule has 2 aromatic rings. The second-order valence-electron chi connectivity index (χ2n) is 4.43. The molecule has 0 atom stereocenters. The van der Waals surface area contributed by atoms with Crippen molar-refractivity contribution in [1.29, 1.82) is 0 Å². The van der Waals surface area contributed by atoms with Gasteiger partial charge in [0.2, 0.25) is 0 Å². The van der Waals surface area contributed by atoms with E-state index in [0.29, 0.717) is 16.6 Å². The van der Waals surface area contributed by atoms with E-state index in [0.717, 1.165) is 10.9 Å². The highest BCUT2D eigenvalue weighted by Crippen LogP contribution is 2.31. The number of benzene rings is 1. The first-order valence-corrected chi connectivity index (χ1v) is 9.20. The highest BCUT2D eigenvalue weighted by Gasteiger charge is 2.23. The van der Waals surface area contributed by atoms with Crippen LogP contribution >= 0.6 is 27.3 Å². The van der Waals surface area contributed by atoms with Crippen LogP contribution in [-0.4, -0.2) is 15.5 Å². The molecule has 2 rings (SSSR count). The third-order valence-corrected chi connectivity index (χ3v) is 6.29. The number of anilines is 1. The molecule has 0 unspecified atom stereocenters. The molecule has 0 aliphatic rings. The molecule has 1 aromatic carbocycles. The summed E-state index contributed by atoms with van der Waals surface area (Å²) in [7, 11) is -2.02. The Balaban J connectivity index is 2.43. The molecule has 0 spiro atoms. The van der Waals surface area contributed by atoms with Crippen LogP contribution in [0.1, 0.15) is 10.4 Å². The van der Waals surface area contributed by atoms with Gasteiger partial charge in [0.05, 0.1) is 5.69 Å². The average Bonchev–Trinajstić information content (AvgIpc) is 2.76. The predicted octanol–water partition coefficient (Wildman–Crippen LogP) is 3.48. The van der Waals surface area contributed by atoms with Crippen LogP contribution in [0.4, 0.5) is 10.1 Å². The van der Waals surface area contributed by atoms with Crippen LogP contribution in [0.25, 0.3) is 0 Å². The van der Waals surface area contributed by atoms with Gasteiger partial charge in [0, 0.05) is 15.9 Å². The molecule has 2 N–H and O–H groups in total. The van der Waals surface area contributed by atoms with E-state index >= 15 is 0 Å². The van der Waals surface area contributed by atoms with E-state index in [9.17, 15) is 12.8 Å². The fourth-order valence-corrected chi connectivity index (χ4v) is 5.28. The molecule has 1 aromatic heterocycles. The predicted molar refractivity (Wildman–Crippen MR) is 86.7 cm³/mol. The van der Waals surface area contributed by atoms with Gasteiger partial charge in [-0.2, -0.15) is 0 Å². The van der Waals surface area contributed by atoms with Gasteiger partial charge in [-0.15, -0.1) is 11.3 Å². The molecule has 4 nitrogen and oxygen atoms in total. The normalized spacial score (nSPS) is 11.6. The van der Waals surface area contributed by atoms with Gasteiger partial charge in [-0.05, 0) is 59.0 Å². The number of hydrogen-bond donors (Lipinski definition) is 2. The molecule has 0 saturated heterocycles. The van der Waals surface area contributed by atoms with Crippen molar-refractivity contribution in [3.05, 3.63) is 44.3 Å². The monoisotopic (exact) mass is 392 g/mol.